The zero-order valence-corrected chi connectivity index (χ0v) is 6.60. The molecule has 1 aromatic rings. The second-order valence-corrected chi connectivity index (χ2v) is 2.53. The first-order chi connectivity index (χ1) is 6.27. The monoisotopic (exact) mass is 178 g/mol. The maximum Gasteiger partial charge on any atom is 0.254 e. The molecule has 13 heavy (non-hydrogen) atoms. The van der Waals surface area contributed by atoms with Gasteiger partial charge in [0.25, 0.3) is 11.8 Å². The number of rotatable bonds is 2. The van der Waals surface area contributed by atoms with Crippen molar-refractivity contribution in [2.24, 2.45) is 0 Å². The van der Waals surface area contributed by atoms with Crippen LogP contribution in [0.2, 0.25) is 0 Å². The van der Waals surface area contributed by atoms with Gasteiger partial charge in [0, 0.05) is 12.2 Å². The molecule has 66 valence electrons. The summed E-state index contributed by atoms with van der Waals surface area (Å²) in [6.45, 7) is 0.144. The summed E-state index contributed by atoms with van der Waals surface area (Å²) in [4.78, 5) is 27.0. The van der Waals surface area contributed by atoms with E-state index in [2.05, 4.69) is 15.2 Å². The molecule has 2 heterocycles. The van der Waals surface area contributed by atoms with Crippen molar-refractivity contribution >= 4 is 11.8 Å². The van der Waals surface area contributed by atoms with Crippen molar-refractivity contribution < 1.29 is 9.59 Å². The lowest BCUT2D eigenvalue weighted by atomic mass is 10.5. The Morgan fingerprint density at radius 2 is 2.00 bits per heavy atom. The Kier molecular flexibility index (Phi) is 1.66. The summed E-state index contributed by atoms with van der Waals surface area (Å²) in [6.07, 6.45) is 3.80. The number of carbonyl (C=O) groups is 2. The van der Waals surface area contributed by atoms with Crippen LogP contribution in [0.15, 0.2) is 18.5 Å². The largest absolute Gasteiger partial charge is 0.269 e. The van der Waals surface area contributed by atoms with E-state index in [1.807, 2.05) is 0 Å². The minimum atomic E-state index is -0.318. The zero-order valence-electron chi connectivity index (χ0n) is 6.60. The van der Waals surface area contributed by atoms with Crippen molar-refractivity contribution in [3.63, 3.8) is 0 Å². The van der Waals surface area contributed by atoms with E-state index in [1.165, 1.54) is 18.5 Å². The number of carbonyl (C=O) groups excluding carboxylic acids is 2. The summed E-state index contributed by atoms with van der Waals surface area (Å²) >= 11 is 0. The molecule has 0 radical (unpaired) electrons. The van der Waals surface area contributed by atoms with Gasteiger partial charge in [0.1, 0.15) is 12.2 Å². The first-order valence-corrected chi connectivity index (χ1v) is 3.65. The lowest BCUT2D eigenvalue weighted by molar-refractivity contribution is -0.137. The van der Waals surface area contributed by atoms with E-state index in [-0.39, 0.29) is 18.4 Å². The quantitative estimate of drug-likeness (QED) is 0.603. The average Bonchev–Trinajstić information content (AvgIpc) is 2.70. The Morgan fingerprint density at radius 3 is 2.54 bits per heavy atom. The van der Waals surface area contributed by atoms with Crippen LogP contribution < -0.4 is 0 Å². The van der Waals surface area contributed by atoms with Gasteiger partial charge in [0.05, 0.1) is 6.54 Å². The number of aromatic amines is 1. The van der Waals surface area contributed by atoms with E-state index in [4.69, 9.17) is 0 Å². The van der Waals surface area contributed by atoms with Crippen molar-refractivity contribution in [1.29, 1.82) is 0 Å². The fraction of sp³-hybridized carbons (Fsp3) is 0.143. The Hall–Kier alpha value is -1.98. The van der Waals surface area contributed by atoms with Gasteiger partial charge in [-0.2, -0.15) is 5.10 Å². The molecular weight excluding hydrogens is 172 g/mol. The zero-order chi connectivity index (χ0) is 9.26. The maximum absolute atomic E-state index is 11.1. The van der Waals surface area contributed by atoms with Crippen LogP contribution in [0, 0.1) is 0 Å². The summed E-state index contributed by atoms with van der Waals surface area (Å²) < 4.78 is 0. The molecule has 0 saturated carbocycles. The first kappa shape index (κ1) is 7.66. The summed E-state index contributed by atoms with van der Waals surface area (Å²) in [5.74, 6) is -0.145. The molecule has 0 bridgehead atoms. The van der Waals surface area contributed by atoms with Crippen molar-refractivity contribution in [1.82, 2.24) is 20.1 Å². The third-order valence-corrected chi connectivity index (χ3v) is 1.67. The van der Waals surface area contributed by atoms with E-state index in [9.17, 15) is 9.59 Å². The lowest BCUT2D eigenvalue weighted by Gasteiger charge is -2.10. The standard InChI is InChI=1S/C7H6N4O2/c12-6-1-2-7(13)11(6)3-5-8-4-9-10-5/h1-2,4H,3H2,(H,8,9,10). The minimum absolute atomic E-state index is 0.144. The number of H-pyrrole nitrogens is 1. The van der Waals surface area contributed by atoms with Gasteiger partial charge >= 0.3 is 0 Å². The topological polar surface area (TPSA) is 79.0 Å². The summed E-state index contributed by atoms with van der Waals surface area (Å²) in [5.41, 5.74) is 0. The number of imide groups is 1. The maximum atomic E-state index is 11.1. The first-order valence-electron chi connectivity index (χ1n) is 3.65. The van der Waals surface area contributed by atoms with E-state index in [0.717, 1.165) is 4.90 Å². The third kappa shape index (κ3) is 1.33. The number of nitrogens with zero attached hydrogens (tertiary/aromatic N) is 3. The molecule has 2 rings (SSSR count). The molecule has 0 saturated heterocycles. The highest BCUT2D eigenvalue weighted by Gasteiger charge is 2.23. The molecular formula is C7H6N4O2. The molecule has 1 aliphatic heterocycles. The summed E-state index contributed by atoms with van der Waals surface area (Å²) in [5, 5.41) is 6.18. The Balaban J connectivity index is 2.11. The Bertz CT molecular complexity index is 350. The van der Waals surface area contributed by atoms with Crippen LogP contribution >= 0.6 is 0 Å². The molecule has 1 aromatic heterocycles. The SMILES string of the molecule is O=C1C=CC(=O)N1Cc1ncn[nH]1. The van der Waals surface area contributed by atoms with Crippen LogP contribution in [-0.2, 0) is 16.1 Å². The fourth-order valence-electron chi connectivity index (χ4n) is 1.04. The van der Waals surface area contributed by atoms with Gasteiger partial charge in [0.15, 0.2) is 0 Å². The van der Waals surface area contributed by atoms with Gasteiger partial charge in [-0.05, 0) is 0 Å². The van der Waals surface area contributed by atoms with Crippen LogP contribution in [0.1, 0.15) is 5.82 Å². The van der Waals surface area contributed by atoms with Crippen molar-refractivity contribution in [2.75, 3.05) is 0 Å². The molecule has 6 nitrogen and oxygen atoms in total. The van der Waals surface area contributed by atoms with Gasteiger partial charge in [-0.15, -0.1) is 0 Å². The molecule has 1 N–H and O–H groups in total. The van der Waals surface area contributed by atoms with Crippen molar-refractivity contribution in [2.45, 2.75) is 6.54 Å². The van der Waals surface area contributed by atoms with Crippen LogP contribution in [0.5, 0.6) is 0 Å². The predicted octanol–water partition coefficient (Wildman–Crippen LogP) is -0.770. The number of amides is 2. The number of aromatic nitrogens is 3. The van der Waals surface area contributed by atoms with Crippen LogP contribution in [0.25, 0.3) is 0 Å². The van der Waals surface area contributed by atoms with Crippen LogP contribution in [0.3, 0.4) is 0 Å². The highest BCUT2D eigenvalue weighted by molar-refractivity contribution is 6.12. The molecule has 0 aromatic carbocycles. The van der Waals surface area contributed by atoms with E-state index in [0.29, 0.717) is 5.82 Å². The summed E-state index contributed by atoms with van der Waals surface area (Å²) in [7, 11) is 0. The Labute approximate surface area is 73.3 Å². The molecule has 0 unspecified atom stereocenters. The molecule has 0 fully saturated rings. The van der Waals surface area contributed by atoms with Crippen LogP contribution in [0.4, 0.5) is 0 Å². The lowest BCUT2D eigenvalue weighted by Crippen LogP contribution is -2.29. The highest BCUT2D eigenvalue weighted by Crippen LogP contribution is 2.06. The number of nitrogens with one attached hydrogen (secondary N) is 1. The van der Waals surface area contributed by atoms with Crippen LogP contribution in [-0.4, -0.2) is 31.9 Å². The van der Waals surface area contributed by atoms with Gasteiger partial charge in [-0.1, -0.05) is 0 Å². The second kappa shape index (κ2) is 2.81. The van der Waals surface area contributed by atoms with Crippen molar-refractivity contribution in [3.8, 4) is 0 Å². The molecule has 0 spiro atoms. The normalized spacial score (nSPS) is 15.8. The fourth-order valence-corrected chi connectivity index (χ4v) is 1.04. The van der Waals surface area contributed by atoms with Crippen molar-refractivity contribution in [3.05, 3.63) is 24.3 Å². The smallest absolute Gasteiger partial charge is 0.254 e. The van der Waals surface area contributed by atoms with E-state index < -0.39 is 0 Å². The van der Waals surface area contributed by atoms with Gasteiger partial charge in [-0.25, -0.2) is 4.98 Å². The summed E-state index contributed by atoms with van der Waals surface area (Å²) in [6, 6.07) is 0. The molecule has 1 aliphatic rings. The molecule has 6 heteroatoms. The highest BCUT2D eigenvalue weighted by atomic mass is 16.2. The van der Waals surface area contributed by atoms with E-state index in [1.54, 1.807) is 0 Å². The molecule has 0 aliphatic carbocycles. The van der Waals surface area contributed by atoms with E-state index >= 15 is 0 Å². The number of hydrogen-bond acceptors (Lipinski definition) is 4. The molecule has 0 atom stereocenters. The number of hydrogen-bond donors (Lipinski definition) is 1. The van der Waals surface area contributed by atoms with Gasteiger partial charge in [-0.3, -0.25) is 19.6 Å². The van der Waals surface area contributed by atoms with Gasteiger partial charge in [0.2, 0.25) is 0 Å². The predicted molar refractivity (Wildman–Crippen MR) is 41.1 cm³/mol. The third-order valence-electron chi connectivity index (χ3n) is 1.67. The minimum Gasteiger partial charge on any atom is -0.269 e. The second-order valence-electron chi connectivity index (χ2n) is 2.53. The molecule has 2 amide bonds. The Morgan fingerprint density at radius 1 is 1.31 bits per heavy atom. The van der Waals surface area contributed by atoms with Gasteiger partial charge < -0.3 is 0 Å². The average molecular weight is 178 g/mol.